The molecule has 0 fully saturated rings. The number of aryl methyl sites for hydroxylation is 1. The number of allylic oxidation sites excluding steroid dienone is 1. The molecule has 0 bridgehead atoms. The highest BCUT2D eigenvalue weighted by Crippen LogP contribution is 2.26. The Bertz CT molecular complexity index is 804. The number of benzene rings is 2. The highest BCUT2D eigenvalue weighted by molar-refractivity contribution is 9.10. The first kappa shape index (κ1) is 16.0. The molecule has 0 amide bonds. The van der Waals surface area contributed by atoms with Gasteiger partial charge in [-0.1, -0.05) is 57.6 Å². The maximum atomic E-state index is 3.89. The molecule has 4 heteroatoms. The van der Waals surface area contributed by atoms with Crippen molar-refractivity contribution in [1.29, 1.82) is 0 Å². The van der Waals surface area contributed by atoms with E-state index in [1.165, 1.54) is 16.8 Å². The number of anilines is 2. The molecule has 0 aliphatic carbocycles. The van der Waals surface area contributed by atoms with Gasteiger partial charge in [0.05, 0.1) is 0 Å². The van der Waals surface area contributed by atoms with Gasteiger partial charge in [-0.15, -0.1) is 0 Å². The molecule has 2 nitrogen and oxygen atoms in total. The highest BCUT2D eigenvalue weighted by atomic mass is 79.9. The fourth-order valence-electron chi connectivity index (χ4n) is 2.36. The Balaban J connectivity index is 1.96. The number of thiazole rings is 1. The Labute approximate surface area is 149 Å². The molecule has 0 aliphatic rings. The van der Waals surface area contributed by atoms with Gasteiger partial charge in [0.2, 0.25) is 0 Å². The van der Waals surface area contributed by atoms with Crippen LogP contribution in [0.15, 0.2) is 71.0 Å². The number of halogens is 1. The minimum absolute atomic E-state index is 0.767. The summed E-state index contributed by atoms with van der Waals surface area (Å²) in [4.78, 5) is 0. The van der Waals surface area contributed by atoms with Crippen molar-refractivity contribution in [1.82, 2.24) is 0 Å². The minimum Gasteiger partial charge on any atom is -0.231 e. The van der Waals surface area contributed by atoms with E-state index in [2.05, 4.69) is 93.2 Å². The summed E-state index contributed by atoms with van der Waals surface area (Å²) in [6, 6.07) is 16.8. The molecule has 23 heavy (non-hydrogen) atoms. The van der Waals surface area contributed by atoms with Gasteiger partial charge in [0, 0.05) is 15.4 Å². The predicted octanol–water partition coefficient (Wildman–Crippen LogP) is 5.70. The molecular weight excluding hydrogens is 368 g/mol. The molecule has 2 aromatic carbocycles. The molecule has 0 unspecified atom stereocenters. The lowest BCUT2D eigenvalue weighted by atomic mass is 10.2. The Morgan fingerprint density at radius 1 is 1.13 bits per heavy atom. The first-order valence-corrected chi connectivity index (χ1v) is 9.06. The number of hydrogen-bond acceptors (Lipinski definition) is 2. The first-order valence-electron chi connectivity index (χ1n) is 7.39. The van der Waals surface area contributed by atoms with Crippen molar-refractivity contribution in [2.75, 3.05) is 5.32 Å². The fraction of sp³-hybridized carbons (Fsp3) is 0.105. The van der Waals surface area contributed by atoms with Crippen molar-refractivity contribution in [3.8, 4) is 11.3 Å². The maximum absolute atomic E-state index is 3.89. The second-order valence-electron chi connectivity index (χ2n) is 5.32. The predicted molar refractivity (Wildman–Crippen MR) is 102 cm³/mol. The zero-order valence-electron chi connectivity index (χ0n) is 12.9. The molecule has 3 aromatic rings. The van der Waals surface area contributed by atoms with Crippen molar-refractivity contribution >= 4 is 38.1 Å². The Morgan fingerprint density at radius 3 is 2.48 bits per heavy atom. The Morgan fingerprint density at radius 2 is 1.83 bits per heavy atom. The van der Waals surface area contributed by atoms with Crippen molar-refractivity contribution < 1.29 is 4.57 Å². The smallest absolute Gasteiger partial charge is 0.231 e. The third kappa shape index (κ3) is 3.71. The fourth-order valence-corrected chi connectivity index (χ4v) is 3.59. The normalized spacial score (nSPS) is 10.5. The van der Waals surface area contributed by atoms with Crippen LogP contribution in [0, 0.1) is 6.92 Å². The van der Waals surface area contributed by atoms with Crippen LogP contribution in [0.5, 0.6) is 0 Å². The van der Waals surface area contributed by atoms with Crippen LogP contribution in [0.25, 0.3) is 11.3 Å². The van der Waals surface area contributed by atoms with Gasteiger partial charge in [-0.05, 0) is 43.3 Å². The zero-order chi connectivity index (χ0) is 16.2. The molecule has 0 saturated heterocycles. The third-order valence-corrected chi connectivity index (χ3v) is 4.99. The van der Waals surface area contributed by atoms with E-state index in [4.69, 9.17) is 0 Å². The van der Waals surface area contributed by atoms with Gasteiger partial charge in [0.15, 0.2) is 0 Å². The van der Waals surface area contributed by atoms with Crippen molar-refractivity contribution in [3.63, 3.8) is 0 Å². The minimum atomic E-state index is 0.767. The summed E-state index contributed by atoms with van der Waals surface area (Å²) in [6.07, 6.45) is 1.93. The Kier molecular flexibility index (Phi) is 4.94. The van der Waals surface area contributed by atoms with E-state index in [0.717, 1.165) is 21.8 Å². The van der Waals surface area contributed by atoms with E-state index < -0.39 is 0 Å². The van der Waals surface area contributed by atoms with E-state index in [1.807, 2.05) is 6.08 Å². The van der Waals surface area contributed by atoms with E-state index in [0.29, 0.717) is 0 Å². The summed E-state index contributed by atoms with van der Waals surface area (Å²) in [5.74, 6) is 0. The van der Waals surface area contributed by atoms with E-state index in [1.54, 1.807) is 11.3 Å². The maximum Gasteiger partial charge on any atom is 0.339 e. The van der Waals surface area contributed by atoms with Gasteiger partial charge < -0.3 is 0 Å². The molecule has 0 aliphatic heterocycles. The van der Waals surface area contributed by atoms with Crippen molar-refractivity contribution in [2.45, 2.75) is 13.5 Å². The molecule has 1 heterocycles. The monoisotopic (exact) mass is 385 g/mol. The van der Waals surface area contributed by atoms with Gasteiger partial charge >= 0.3 is 5.13 Å². The Hall–Kier alpha value is -1.91. The molecule has 1 N–H and O–H groups in total. The average molecular weight is 386 g/mol. The second-order valence-corrected chi connectivity index (χ2v) is 7.10. The summed E-state index contributed by atoms with van der Waals surface area (Å²) in [6.45, 7) is 6.76. The third-order valence-electron chi connectivity index (χ3n) is 3.57. The molecule has 0 atom stereocenters. The van der Waals surface area contributed by atoms with Gasteiger partial charge in [0.25, 0.3) is 0 Å². The standard InChI is InChI=1S/C19H17BrN2S/c1-3-12-22-18(15-6-8-16(20)9-7-15)13-23-19(22)21-17-10-4-14(2)5-11-17/h3-11,13H,1,12H2,2H3/p+1. The lowest BCUT2D eigenvalue weighted by molar-refractivity contribution is -0.657. The van der Waals surface area contributed by atoms with E-state index >= 15 is 0 Å². The number of nitrogens with one attached hydrogen (secondary N) is 1. The average Bonchev–Trinajstić information content (AvgIpc) is 2.94. The summed E-state index contributed by atoms with van der Waals surface area (Å²) >= 11 is 5.20. The number of aromatic nitrogens is 1. The van der Waals surface area contributed by atoms with Gasteiger partial charge in [-0.2, -0.15) is 0 Å². The van der Waals surface area contributed by atoms with Crippen molar-refractivity contribution in [2.24, 2.45) is 0 Å². The van der Waals surface area contributed by atoms with E-state index in [9.17, 15) is 0 Å². The molecular formula is C19H18BrN2S+. The van der Waals surface area contributed by atoms with Gasteiger partial charge in [0.1, 0.15) is 17.9 Å². The van der Waals surface area contributed by atoms with Crippen LogP contribution in [0.3, 0.4) is 0 Å². The van der Waals surface area contributed by atoms with Gasteiger partial charge in [-0.25, -0.2) is 9.88 Å². The molecule has 116 valence electrons. The summed E-state index contributed by atoms with van der Waals surface area (Å²) < 4.78 is 3.34. The topological polar surface area (TPSA) is 15.9 Å². The van der Waals surface area contributed by atoms with Crippen LogP contribution < -0.4 is 9.88 Å². The second kappa shape index (κ2) is 7.11. The summed E-state index contributed by atoms with van der Waals surface area (Å²) in [5.41, 5.74) is 4.74. The quantitative estimate of drug-likeness (QED) is 0.439. The summed E-state index contributed by atoms with van der Waals surface area (Å²) in [5, 5.41) is 6.80. The van der Waals surface area contributed by atoms with Crippen LogP contribution in [-0.4, -0.2) is 0 Å². The molecule has 3 rings (SSSR count). The van der Waals surface area contributed by atoms with Crippen LogP contribution >= 0.6 is 27.3 Å². The SMILES string of the molecule is C=CC[n+]1c(-c2ccc(Br)cc2)csc1Nc1ccc(C)cc1. The number of hydrogen-bond donors (Lipinski definition) is 1. The van der Waals surface area contributed by atoms with Crippen molar-refractivity contribution in [3.05, 3.63) is 76.6 Å². The number of rotatable bonds is 5. The molecule has 1 aromatic heterocycles. The molecule has 0 spiro atoms. The highest BCUT2D eigenvalue weighted by Gasteiger charge is 2.18. The zero-order valence-corrected chi connectivity index (χ0v) is 15.3. The molecule has 0 radical (unpaired) electrons. The van der Waals surface area contributed by atoms with Crippen LogP contribution in [-0.2, 0) is 6.54 Å². The summed E-state index contributed by atoms with van der Waals surface area (Å²) in [7, 11) is 0. The van der Waals surface area contributed by atoms with Crippen LogP contribution in [0.1, 0.15) is 5.56 Å². The van der Waals surface area contributed by atoms with Crippen LogP contribution in [0.2, 0.25) is 0 Å². The molecule has 0 saturated carbocycles. The number of nitrogens with zero attached hydrogens (tertiary/aromatic N) is 1. The first-order chi connectivity index (χ1) is 11.2. The van der Waals surface area contributed by atoms with Gasteiger partial charge in [-0.3, -0.25) is 0 Å². The lowest BCUT2D eigenvalue weighted by Crippen LogP contribution is -2.35. The largest absolute Gasteiger partial charge is 0.339 e. The lowest BCUT2D eigenvalue weighted by Gasteiger charge is -2.04. The van der Waals surface area contributed by atoms with Crippen LogP contribution in [0.4, 0.5) is 10.8 Å². The van der Waals surface area contributed by atoms with E-state index in [-0.39, 0.29) is 0 Å².